The zero-order chi connectivity index (χ0) is 21.1. The van der Waals surface area contributed by atoms with E-state index < -0.39 is 0 Å². The molecule has 7 heteroatoms. The molecular formula is C23H20N6O. The van der Waals surface area contributed by atoms with Crippen LogP contribution in [0, 0.1) is 25.2 Å². The minimum atomic E-state index is 0.472. The second-order valence-corrected chi connectivity index (χ2v) is 6.98. The molecule has 0 spiro atoms. The normalized spacial score (nSPS) is 10.6. The van der Waals surface area contributed by atoms with Crippen LogP contribution in [0.3, 0.4) is 0 Å². The van der Waals surface area contributed by atoms with Gasteiger partial charge in [0.1, 0.15) is 23.4 Å². The van der Waals surface area contributed by atoms with Gasteiger partial charge < -0.3 is 10.1 Å². The third kappa shape index (κ3) is 3.76. The summed E-state index contributed by atoms with van der Waals surface area (Å²) in [6.07, 6.45) is 1.50. The van der Waals surface area contributed by atoms with Gasteiger partial charge >= 0.3 is 0 Å². The van der Waals surface area contributed by atoms with Crippen molar-refractivity contribution in [2.24, 2.45) is 0 Å². The van der Waals surface area contributed by atoms with Crippen LogP contribution in [-0.2, 0) is 6.54 Å². The molecule has 7 nitrogen and oxygen atoms in total. The quantitative estimate of drug-likeness (QED) is 0.540. The standard InChI is InChI=1S/C23H20N6O/c1-14-4-7-19(17(8-14)11-24)16-9-20-22(21(10-16)30-3)26-13-27-23(20)25-12-18-6-5-15(2)28-29-18/h4-10,13H,12H2,1-3H3,(H,25,26,27). The first-order valence-electron chi connectivity index (χ1n) is 9.46. The summed E-state index contributed by atoms with van der Waals surface area (Å²) < 4.78 is 5.59. The number of methoxy groups -OCH3 is 1. The van der Waals surface area contributed by atoms with Gasteiger partial charge in [0.05, 0.1) is 36.7 Å². The Morgan fingerprint density at radius 1 is 1.03 bits per heavy atom. The Hall–Kier alpha value is -4.05. The average Bonchev–Trinajstić information content (AvgIpc) is 2.77. The van der Waals surface area contributed by atoms with Gasteiger partial charge in [0, 0.05) is 5.39 Å². The Bertz CT molecular complexity index is 1260. The van der Waals surface area contributed by atoms with Gasteiger partial charge in [0.2, 0.25) is 0 Å². The van der Waals surface area contributed by atoms with Crippen molar-refractivity contribution in [2.45, 2.75) is 20.4 Å². The number of hydrogen-bond acceptors (Lipinski definition) is 7. The number of rotatable bonds is 5. The van der Waals surface area contributed by atoms with E-state index in [4.69, 9.17) is 4.74 Å². The Balaban J connectivity index is 1.80. The maximum absolute atomic E-state index is 9.60. The van der Waals surface area contributed by atoms with Crippen LogP contribution in [0.25, 0.3) is 22.0 Å². The average molecular weight is 396 g/mol. The lowest BCUT2D eigenvalue weighted by atomic mass is 9.97. The number of nitriles is 1. The van der Waals surface area contributed by atoms with Gasteiger partial charge in [-0.05, 0) is 60.9 Å². The molecule has 0 aliphatic rings. The van der Waals surface area contributed by atoms with E-state index in [0.29, 0.717) is 29.2 Å². The molecule has 0 unspecified atom stereocenters. The lowest BCUT2D eigenvalue weighted by Gasteiger charge is -2.13. The van der Waals surface area contributed by atoms with Crippen LogP contribution in [-0.4, -0.2) is 27.3 Å². The van der Waals surface area contributed by atoms with Gasteiger partial charge in [-0.25, -0.2) is 9.97 Å². The van der Waals surface area contributed by atoms with Crippen molar-refractivity contribution < 1.29 is 4.74 Å². The number of fused-ring (bicyclic) bond motifs is 1. The molecule has 0 saturated carbocycles. The summed E-state index contributed by atoms with van der Waals surface area (Å²) >= 11 is 0. The van der Waals surface area contributed by atoms with Crippen LogP contribution in [0.4, 0.5) is 5.82 Å². The fourth-order valence-corrected chi connectivity index (χ4v) is 3.28. The van der Waals surface area contributed by atoms with E-state index in [1.54, 1.807) is 7.11 Å². The number of nitrogens with one attached hydrogen (secondary N) is 1. The zero-order valence-corrected chi connectivity index (χ0v) is 17.0. The lowest BCUT2D eigenvalue weighted by molar-refractivity contribution is 0.419. The maximum atomic E-state index is 9.60. The van der Waals surface area contributed by atoms with Crippen molar-refractivity contribution in [1.29, 1.82) is 5.26 Å². The fraction of sp³-hybridized carbons (Fsp3) is 0.174. The molecule has 148 valence electrons. The molecule has 4 aromatic rings. The summed E-state index contributed by atoms with van der Waals surface area (Å²) in [5, 5.41) is 22.0. The Labute approximate surface area is 174 Å². The highest BCUT2D eigenvalue weighted by atomic mass is 16.5. The fourth-order valence-electron chi connectivity index (χ4n) is 3.28. The number of aryl methyl sites for hydroxylation is 2. The first-order valence-corrected chi connectivity index (χ1v) is 9.46. The van der Waals surface area contributed by atoms with E-state index in [-0.39, 0.29) is 0 Å². The second kappa shape index (κ2) is 8.13. The van der Waals surface area contributed by atoms with Crippen molar-refractivity contribution in [3.63, 3.8) is 0 Å². The predicted octanol–water partition coefficient (Wildman–Crippen LogP) is 4.20. The number of benzene rings is 2. The number of aromatic nitrogens is 4. The van der Waals surface area contributed by atoms with Crippen LogP contribution < -0.4 is 10.1 Å². The molecule has 2 aromatic heterocycles. The highest BCUT2D eigenvalue weighted by Crippen LogP contribution is 2.35. The molecule has 0 amide bonds. The minimum absolute atomic E-state index is 0.472. The highest BCUT2D eigenvalue weighted by molar-refractivity contribution is 5.97. The minimum Gasteiger partial charge on any atom is -0.494 e. The summed E-state index contributed by atoms with van der Waals surface area (Å²) in [4.78, 5) is 8.82. The first-order chi connectivity index (χ1) is 14.6. The SMILES string of the molecule is COc1cc(-c2ccc(C)cc2C#N)cc2c(NCc3ccc(C)nn3)ncnc12. The second-order valence-electron chi connectivity index (χ2n) is 6.98. The summed E-state index contributed by atoms with van der Waals surface area (Å²) in [7, 11) is 1.61. The van der Waals surface area contributed by atoms with E-state index in [1.807, 2.05) is 56.3 Å². The Morgan fingerprint density at radius 2 is 1.90 bits per heavy atom. The van der Waals surface area contributed by atoms with E-state index in [1.165, 1.54) is 6.33 Å². The number of nitrogens with zero attached hydrogens (tertiary/aromatic N) is 5. The van der Waals surface area contributed by atoms with Gasteiger partial charge in [0.15, 0.2) is 0 Å². The molecule has 0 saturated heterocycles. The number of hydrogen-bond donors (Lipinski definition) is 1. The molecule has 2 heterocycles. The van der Waals surface area contributed by atoms with E-state index in [2.05, 4.69) is 31.6 Å². The monoisotopic (exact) mass is 396 g/mol. The third-order valence-corrected chi connectivity index (χ3v) is 4.82. The molecule has 0 radical (unpaired) electrons. The van der Waals surface area contributed by atoms with Crippen LogP contribution in [0.5, 0.6) is 5.75 Å². The summed E-state index contributed by atoms with van der Waals surface area (Å²) in [5.74, 6) is 1.28. The van der Waals surface area contributed by atoms with Crippen LogP contribution >= 0.6 is 0 Å². The highest BCUT2D eigenvalue weighted by Gasteiger charge is 2.14. The molecule has 0 fully saturated rings. The van der Waals surface area contributed by atoms with Crippen molar-refractivity contribution in [3.8, 4) is 22.9 Å². The lowest BCUT2D eigenvalue weighted by Crippen LogP contribution is -2.05. The van der Waals surface area contributed by atoms with Gasteiger partial charge in [-0.2, -0.15) is 15.5 Å². The molecule has 0 bridgehead atoms. The topological polar surface area (TPSA) is 96.6 Å². The van der Waals surface area contributed by atoms with Crippen LogP contribution in [0.15, 0.2) is 48.8 Å². The molecule has 30 heavy (non-hydrogen) atoms. The smallest absolute Gasteiger partial charge is 0.145 e. The van der Waals surface area contributed by atoms with Crippen molar-refractivity contribution in [3.05, 3.63) is 71.3 Å². The van der Waals surface area contributed by atoms with E-state index >= 15 is 0 Å². The molecule has 1 N–H and O–H groups in total. The van der Waals surface area contributed by atoms with Gasteiger partial charge in [-0.3, -0.25) is 0 Å². The molecule has 0 aliphatic carbocycles. The van der Waals surface area contributed by atoms with E-state index in [9.17, 15) is 5.26 Å². The first kappa shape index (κ1) is 19.3. The Morgan fingerprint density at radius 3 is 2.63 bits per heavy atom. The van der Waals surface area contributed by atoms with Crippen LogP contribution in [0.1, 0.15) is 22.5 Å². The van der Waals surface area contributed by atoms with Crippen molar-refractivity contribution >= 4 is 16.7 Å². The number of ether oxygens (including phenoxy) is 1. The summed E-state index contributed by atoms with van der Waals surface area (Å²) in [5.41, 5.74) is 5.71. The maximum Gasteiger partial charge on any atom is 0.145 e. The molecule has 0 aliphatic heterocycles. The largest absolute Gasteiger partial charge is 0.494 e. The number of anilines is 1. The molecule has 2 aromatic carbocycles. The molecule has 0 atom stereocenters. The van der Waals surface area contributed by atoms with Gasteiger partial charge in [-0.15, -0.1) is 0 Å². The Kier molecular flexibility index (Phi) is 5.22. The van der Waals surface area contributed by atoms with E-state index in [0.717, 1.165) is 33.5 Å². The molecular weight excluding hydrogens is 376 g/mol. The zero-order valence-electron chi connectivity index (χ0n) is 17.0. The summed E-state index contributed by atoms with van der Waals surface area (Å²) in [6, 6.07) is 15.8. The van der Waals surface area contributed by atoms with Crippen LogP contribution in [0.2, 0.25) is 0 Å². The van der Waals surface area contributed by atoms with Gasteiger partial charge in [-0.1, -0.05) is 12.1 Å². The molecule has 4 rings (SSSR count). The van der Waals surface area contributed by atoms with Crippen molar-refractivity contribution in [2.75, 3.05) is 12.4 Å². The summed E-state index contributed by atoms with van der Waals surface area (Å²) in [6.45, 7) is 4.34. The van der Waals surface area contributed by atoms with Gasteiger partial charge in [0.25, 0.3) is 0 Å². The predicted molar refractivity (Wildman–Crippen MR) is 115 cm³/mol. The van der Waals surface area contributed by atoms with Crippen molar-refractivity contribution in [1.82, 2.24) is 20.2 Å². The third-order valence-electron chi connectivity index (χ3n) is 4.82.